The first kappa shape index (κ1) is 18.5. The Kier molecular flexibility index (Phi) is 4.58. The second kappa shape index (κ2) is 6.94. The molecule has 4 nitrogen and oxygen atoms in total. The average Bonchev–Trinajstić information content (AvgIpc) is 2.96. The van der Waals surface area contributed by atoms with Gasteiger partial charge in [-0.05, 0) is 30.7 Å². The zero-order valence-electron chi connectivity index (χ0n) is 14.8. The Balaban J connectivity index is 1.63. The minimum Gasteiger partial charge on any atom is -0.493 e. The number of alkyl halides is 3. The minimum absolute atomic E-state index is 0.142. The van der Waals surface area contributed by atoms with Gasteiger partial charge in [0.2, 0.25) is 5.91 Å². The van der Waals surface area contributed by atoms with Gasteiger partial charge < -0.3 is 10.1 Å². The number of nitrogens with one attached hydrogen (secondary N) is 1. The fraction of sp³-hybridized carbons (Fsp3) is 0.200. The zero-order chi connectivity index (χ0) is 19.9. The Bertz CT molecular complexity index is 1100. The number of rotatable bonds is 2. The highest BCUT2D eigenvalue weighted by Gasteiger charge is 2.32. The van der Waals surface area contributed by atoms with Gasteiger partial charge in [0.05, 0.1) is 22.6 Å². The number of pyridine rings is 1. The third-order valence-electron chi connectivity index (χ3n) is 4.51. The van der Waals surface area contributed by atoms with Gasteiger partial charge in [0.15, 0.2) is 0 Å². The van der Waals surface area contributed by atoms with E-state index >= 15 is 0 Å². The molecule has 1 amide bonds. The Hall–Kier alpha value is -2.87. The van der Waals surface area contributed by atoms with Crippen molar-refractivity contribution >= 4 is 38.6 Å². The number of ether oxygens (including phenoxy) is 1. The van der Waals surface area contributed by atoms with Gasteiger partial charge in [-0.2, -0.15) is 13.2 Å². The van der Waals surface area contributed by atoms with Crippen LogP contribution in [0.2, 0.25) is 0 Å². The average molecular weight is 404 g/mol. The van der Waals surface area contributed by atoms with Crippen LogP contribution in [0.25, 0.3) is 15.7 Å². The van der Waals surface area contributed by atoms with Crippen LogP contribution in [-0.2, 0) is 11.0 Å². The largest absolute Gasteiger partial charge is 0.493 e. The van der Waals surface area contributed by atoms with E-state index < -0.39 is 11.7 Å². The second-order valence-corrected chi connectivity index (χ2v) is 7.63. The molecule has 0 atom stereocenters. The molecule has 0 radical (unpaired) electrons. The van der Waals surface area contributed by atoms with Gasteiger partial charge in [-0.25, -0.2) is 0 Å². The number of anilines is 1. The fourth-order valence-electron chi connectivity index (χ4n) is 3.19. The first-order chi connectivity index (χ1) is 13.3. The summed E-state index contributed by atoms with van der Waals surface area (Å²) in [5.74, 6) is -0.189. The molecule has 1 N–H and O–H groups in total. The first-order valence-corrected chi connectivity index (χ1v) is 9.33. The quantitative estimate of drug-likeness (QED) is 0.580. The molecule has 1 aliphatic rings. The maximum Gasteiger partial charge on any atom is 0.416 e. The summed E-state index contributed by atoms with van der Waals surface area (Å²) >= 11 is 1.53. The Morgan fingerprint density at radius 1 is 1.32 bits per heavy atom. The van der Waals surface area contributed by atoms with E-state index in [1.807, 2.05) is 13.0 Å². The van der Waals surface area contributed by atoms with Crippen molar-refractivity contribution in [2.75, 3.05) is 11.9 Å². The molecule has 4 rings (SSSR count). The lowest BCUT2D eigenvalue weighted by Gasteiger charge is -2.21. The van der Waals surface area contributed by atoms with Gasteiger partial charge in [-0.1, -0.05) is 6.07 Å². The van der Waals surface area contributed by atoms with Crippen molar-refractivity contribution < 1.29 is 22.7 Å². The predicted molar refractivity (Wildman–Crippen MR) is 103 cm³/mol. The number of halogens is 3. The van der Waals surface area contributed by atoms with Crippen LogP contribution in [-0.4, -0.2) is 17.5 Å². The predicted octanol–water partition coefficient (Wildman–Crippen LogP) is 5.43. The molecule has 0 spiro atoms. The van der Waals surface area contributed by atoms with Gasteiger partial charge in [0.1, 0.15) is 5.75 Å². The molecule has 1 aliphatic heterocycles. The maximum atomic E-state index is 12.9. The number of carbonyl (C=O) groups is 1. The van der Waals surface area contributed by atoms with Crippen LogP contribution in [0.1, 0.15) is 22.4 Å². The number of carbonyl (C=O) groups excluding carboxylic acids is 1. The molecular formula is C20H15F3N2O2S. The molecular weight excluding hydrogens is 389 g/mol. The van der Waals surface area contributed by atoms with E-state index in [1.54, 1.807) is 12.4 Å². The van der Waals surface area contributed by atoms with Crippen molar-refractivity contribution in [3.63, 3.8) is 0 Å². The van der Waals surface area contributed by atoms with Gasteiger partial charge in [-0.15, -0.1) is 11.3 Å². The molecule has 0 unspecified atom stereocenters. The van der Waals surface area contributed by atoms with Gasteiger partial charge in [0, 0.05) is 40.7 Å². The van der Waals surface area contributed by atoms with Crippen LogP contribution in [0.5, 0.6) is 5.75 Å². The van der Waals surface area contributed by atoms with Crippen molar-refractivity contribution in [1.29, 1.82) is 0 Å². The molecule has 3 aromatic rings. The molecule has 0 saturated heterocycles. The Labute approximate surface area is 162 Å². The monoisotopic (exact) mass is 404 g/mol. The summed E-state index contributed by atoms with van der Waals surface area (Å²) in [6.07, 6.45) is 0.838. The van der Waals surface area contributed by atoms with Crippen LogP contribution in [0.4, 0.5) is 18.9 Å². The Morgan fingerprint density at radius 2 is 2.14 bits per heavy atom. The summed E-state index contributed by atoms with van der Waals surface area (Å²) in [7, 11) is 0. The van der Waals surface area contributed by atoms with E-state index in [0.717, 1.165) is 32.8 Å². The van der Waals surface area contributed by atoms with Crippen molar-refractivity contribution in [1.82, 2.24) is 4.98 Å². The molecule has 0 aliphatic carbocycles. The number of nitrogens with zero attached hydrogens (tertiary/aromatic N) is 1. The summed E-state index contributed by atoms with van der Waals surface area (Å²) in [6, 6.07) is 5.17. The number of thiophene rings is 1. The number of hydrogen-bond acceptors (Lipinski definition) is 4. The molecule has 144 valence electrons. The minimum atomic E-state index is -4.44. The maximum absolute atomic E-state index is 12.9. The lowest BCUT2D eigenvalue weighted by atomic mass is 9.97. The SMILES string of the molecule is Cc1sc2cnccc2c1NC(=O)/C=C1\CCOc2cc(C(F)(F)F)ccc21. The summed E-state index contributed by atoms with van der Waals surface area (Å²) in [6.45, 7) is 2.13. The van der Waals surface area contributed by atoms with Crippen LogP contribution in [0.3, 0.4) is 0 Å². The van der Waals surface area contributed by atoms with Gasteiger partial charge in [0.25, 0.3) is 0 Å². The van der Waals surface area contributed by atoms with E-state index in [4.69, 9.17) is 4.74 Å². The highest BCUT2D eigenvalue weighted by atomic mass is 32.1. The molecule has 0 saturated carbocycles. The van der Waals surface area contributed by atoms with E-state index in [-0.39, 0.29) is 18.3 Å². The number of aromatic nitrogens is 1. The second-order valence-electron chi connectivity index (χ2n) is 6.37. The van der Waals surface area contributed by atoms with Crippen LogP contribution in [0.15, 0.2) is 42.7 Å². The molecule has 0 fully saturated rings. The molecule has 2 aromatic heterocycles. The van der Waals surface area contributed by atoms with Gasteiger partial charge in [-0.3, -0.25) is 9.78 Å². The standard InChI is InChI=1S/C20H15F3N2O2S/c1-11-19(15-4-6-24-10-17(15)28-11)25-18(26)8-12-5-7-27-16-9-13(20(21,22)23)2-3-14(12)16/h2-4,6,8-10H,5,7H2,1H3,(H,25,26)/b12-8+. The summed E-state index contributed by atoms with van der Waals surface area (Å²) in [5, 5.41) is 3.80. The molecule has 3 heterocycles. The van der Waals surface area contributed by atoms with Crippen molar-refractivity contribution in [2.45, 2.75) is 19.5 Å². The lowest BCUT2D eigenvalue weighted by molar-refractivity contribution is -0.137. The summed E-state index contributed by atoms with van der Waals surface area (Å²) in [5.41, 5.74) is 1.10. The lowest BCUT2D eigenvalue weighted by Crippen LogP contribution is -2.14. The molecule has 1 aromatic carbocycles. The zero-order valence-corrected chi connectivity index (χ0v) is 15.6. The van der Waals surface area contributed by atoms with Crippen molar-refractivity contribution in [3.8, 4) is 5.75 Å². The third kappa shape index (κ3) is 3.47. The highest BCUT2D eigenvalue weighted by Crippen LogP contribution is 2.39. The number of hydrogen-bond donors (Lipinski definition) is 1. The number of benzene rings is 1. The number of fused-ring (bicyclic) bond motifs is 2. The smallest absolute Gasteiger partial charge is 0.416 e. The van der Waals surface area contributed by atoms with Crippen LogP contribution >= 0.6 is 11.3 Å². The van der Waals surface area contributed by atoms with E-state index in [2.05, 4.69) is 10.3 Å². The normalized spacial score (nSPS) is 15.4. The first-order valence-electron chi connectivity index (χ1n) is 8.52. The molecule has 28 heavy (non-hydrogen) atoms. The topological polar surface area (TPSA) is 51.2 Å². The van der Waals surface area contributed by atoms with E-state index in [0.29, 0.717) is 17.6 Å². The third-order valence-corrected chi connectivity index (χ3v) is 5.56. The van der Waals surface area contributed by atoms with Crippen molar-refractivity contribution in [3.05, 3.63) is 58.7 Å². The summed E-state index contributed by atoms with van der Waals surface area (Å²) < 4.78 is 45.1. The van der Waals surface area contributed by atoms with Gasteiger partial charge >= 0.3 is 6.18 Å². The fourth-order valence-corrected chi connectivity index (χ4v) is 4.17. The number of aryl methyl sites for hydroxylation is 1. The van der Waals surface area contributed by atoms with E-state index in [9.17, 15) is 18.0 Å². The van der Waals surface area contributed by atoms with Crippen molar-refractivity contribution in [2.24, 2.45) is 0 Å². The molecule has 0 bridgehead atoms. The number of amides is 1. The highest BCUT2D eigenvalue weighted by molar-refractivity contribution is 7.19. The summed E-state index contributed by atoms with van der Waals surface area (Å²) in [4.78, 5) is 17.6. The molecule has 8 heteroatoms. The Morgan fingerprint density at radius 3 is 2.93 bits per heavy atom. The van der Waals surface area contributed by atoms with Crippen LogP contribution in [0, 0.1) is 6.92 Å². The van der Waals surface area contributed by atoms with E-state index in [1.165, 1.54) is 23.5 Å². The van der Waals surface area contributed by atoms with Crippen LogP contribution < -0.4 is 10.1 Å².